The Bertz CT molecular complexity index is 1250. The molecule has 0 fully saturated rings. The predicted molar refractivity (Wildman–Crippen MR) is 141 cm³/mol. The van der Waals surface area contributed by atoms with Crippen molar-refractivity contribution in [3.8, 4) is 5.75 Å². The fraction of sp³-hybridized carbons (Fsp3) is 0.345. The SMILES string of the molecule is CCCCNC(=O)C(CC)N(Cc1ccc(OC)cc1)C(=O)CN1C(=O)c2cccc3cccc1c23. The molecule has 1 aliphatic rings. The van der Waals surface area contributed by atoms with Gasteiger partial charge in [0.05, 0.1) is 12.8 Å². The lowest BCUT2D eigenvalue weighted by Crippen LogP contribution is -2.52. The number of amides is 3. The average Bonchev–Trinajstić information content (AvgIpc) is 3.17. The zero-order chi connectivity index (χ0) is 25.7. The summed E-state index contributed by atoms with van der Waals surface area (Å²) in [5, 5.41) is 4.80. The number of methoxy groups -OCH3 is 1. The minimum atomic E-state index is -0.646. The quantitative estimate of drug-likeness (QED) is 0.403. The first-order chi connectivity index (χ1) is 17.5. The molecule has 1 atom stereocenters. The van der Waals surface area contributed by atoms with Crippen molar-refractivity contribution >= 4 is 34.2 Å². The van der Waals surface area contributed by atoms with E-state index in [-0.39, 0.29) is 30.8 Å². The number of ether oxygens (including phenoxy) is 1. The minimum Gasteiger partial charge on any atom is -0.497 e. The summed E-state index contributed by atoms with van der Waals surface area (Å²) in [6.07, 6.45) is 2.30. The van der Waals surface area contributed by atoms with Crippen LogP contribution in [0.15, 0.2) is 60.7 Å². The Balaban J connectivity index is 1.61. The predicted octanol–water partition coefficient (Wildman–Crippen LogP) is 4.53. The molecule has 188 valence electrons. The van der Waals surface area contributed by atoms with E-state index in [1.54, 1.807) is 18.1 Å². The number of hydrogen-bond acceptors (Lipinski definition) is 4. The number of nitrogens with one attached hydrogen (secondary N) is 1. The van der Waals surface area contributed by atoms with Gasteiger partial charge in [-0.1, -0.05) is 56.7 Å². The maximum absolute atomic E-state index is 13.8. The first-order valence-corrected chi connectivity index (χ1v) is 12.5. The van der Waals surface area contributed by atoms with Crippen LogP contribution in [0.2, 0.25) is 0 Å². The molecule has 0 spiro atoms. The summed E-state index contributed by atoms with van der Waals surface area (Å²) in [6, 6.07) is 18.1. The molecule has 0 saturated heterocycles. The maximum atomic E-state index is 13.8. The number of carbonyl (C=O) groups is 3. The van der Waals surface area contributed by atoms with Gasteiger partial charge >= 0.3 is 0 Å². The molecular weight excluding hydrogens is 454 g/mol. The second-order valence-electron chi connectivity index (χ2n) is 9.01. The Labute approximate surface area is 212 Å². The van der Waals surface area contributed by atoms with Crippen LogP contribution in [0.3, 0.4) is 0 Å². The highest BCUT2D eigenvalue weighted by Crippen LogP contribution is 2.37. The number of anilines is 1. The largest absolute Gasteiger partial charge is 0.497 e. The van der Waals surface area contributed by atoms with E-state index in [1.807, 2.05) is 61.5 Å². The molecule has 0 saturated carbocycles. The van der Waals surface area contributed by atoms with Crippen molar-refractivity contribution in [1.82, 2.24) is 10.2 Å². The molecule has 4 rings (SSSR count). The maximum Gasteiger partial charge on any atom is 0.259 e. The fourth-order valence-corrected chi connectivity index (χ4v) is 4.72. The molecule has 1 heterocycles. The van der Waals surface area contributed by atoms with Crippen LogP contribution in [0, 0.1) is 0 Å². The summed E-state index contributed by atoms with van der Waals surface area (Å²) in [4.78, 5) is 43.3. The highest BCUT2D eigenvalue weighted by atomic mass is 16.5. The van der Waals surface area contributed by atoms with Crippen molar-refractivity contribution in [3.05, 3.63) is 71.8 Å². The summed E-state index contributed by atoms with van der Waals surface area (Å²) in [6.45, 7) is 4.64. The third-order valence-electron chi connectivity index (χ3n) is 6.67. The molecule has 1 unspecified atom stereocenters. The second-order valence-corrected chi connectivity index (χ2v) is 9.01. The smallest absolute Gasteiger partial charge is 0.259 e. The average molecular weight is 488 g/mol. The van der Waals surface area contributed by atoms with Crippen molar-refractivity contribution in [2.75, 3.05) is 25.1 Å². The van der Waals surface area contributed by atoms with E-state index in [1.165, 1.54) is 4.90 Å². The zero-order valence-electron chi connectivity index (χ0n) is 21.1. The third kappa shape index (κ3) is 5.05. The third-order valence-corrected chi connectivity index (χ3v) is 6.67. The van der Waals surface area contributed by atoms with Crippen LogP contribution in [-0.2, 0) is 16.1 Å². The summed E-state index contributed by atoms with van der Waals surface area (Å²) in [5.41, 5.74) is 2.20. The number of nitrogens with zero attached hydrogens (tertiary/aromatic N) is 2. The van der Waals surface area contributed by atoms with Gasteiger partial charge in [0.25, 0.3) is 5.91 Å². The van der Waals surface area contributed by atoms with Gasteiger partial charge in [0.2, 0.25) is 11.8 Å². The molecule has 3 aromatic rings. The molecule has 3 aromatic carbocycles. The Morgan fingerprint density at radius 3 is 2.42 bits per heavy atom. The Kier molecular flexibility index (Phi) is 7.88. The van der Waals surface area contributed by atoms with Crippen LogP contribution in [-0.4, -0.2) is 48.9 Å². The van der Waals surface area contributed by atoms with Crippen LogP contribution in [0.1, 0.15) is 49.0 Å². The lowest BCUT2D eigenvalue weighted by Gasteiger charge is -2.32. The van der Waals surface area contributed by atoms with Crippen LogP contribution >= 0.6 is 0 Å². The lowest BCUT2D eigenvalue weighted by atomic mass is 10.1. The van der Waals surface area contributed by atoms with E-state index in [0.717, 1.165) is 40.6 Å². The Morgan fingerprint density at radius 2 is 1.75 bits per heavy atom. The van der Waals surface area contributed by atoms with Gasteiger partial charge in [0.15, 0.2) is 0 Å². The van der Waals surface area contributed by atoms with Crippen molar-refractivity contribution in [2.45, 2.75) is 45.7 Å². The van der Waals surface area contributed by atoms with Gasteiger partial charge in [-0.15, -0.1) is 0 Å². The molecule has 7 heteroatoms. The van der Waals surface area contributed by atoms with E-state index >= 15 is 0 Å². The summed E-state index contributed by atoms with van der Waals surface area (Å²) in [5.74, 6) is 0.0712. The Hall–Kier alpha value is -3.87. The molecular formula is C29H33N3O4. The fourth-order valence-electron chi connectivity index (χ4n) is 4.72. The second kappa shape index (κ2) is 11.2. The Morgan fingerprint density at radius 1 is 1.03 bits per heavy atom. The van der Waals surface area contributed by atoms with Gasteiger partial charge in [-0.05, 0) is 48.1 Å². The van der Waals surface area contributed by atoms with Crippen LogP contribution in [0.5, 0.6) is 5.75 Å². The molecule has 1 N–H and O–H groups in total. The van der Waals surface area contributed by atoms with Crippen molar-refractivity contribution in [2.24, 2.45) is 0 Å². The molecule has 1 aliphatic heterocycles. The van der Waals surface area contributed by atoms with E-state index in [4.69, 9.17) is 4.74 Å². The van der Waals surface area contributed by atoms with Gasteiger partial charge in [-0.25, -0.2) is 0 Å². The van der Waals surface area contributed by atoms with Gasteiger partial charge in [0.1, 0.15) is 18.3 Å². The van der Waals surface area contributed by atoms with E-state index < -0.39 is 6.04 Å². The number of unbranched alkanes of at least 4 members (excludes halogenated alkanes) is 1. The van der Waals surface area contributed by atoms with Gasteiger partial charge in [0, 0.05) is 24.0 Å². The summed E-state index contributed by atoms with van der Waals surface area (Å²) >= 11 is 0. The highest BCUT2D eigenvalue weighted by Gasteiger charge is 2.35. The van der Waals surface area contributed by atoms with E-state index in [9.17, 15) is 14.4 Å². The molecule has 36 heavy (non-hydrogen) atoms. The van der Waals surface area contributed by atoms with Gasteiger partial charge in [-0.2, -0.15) is 0 Å². The molecule has 0 bridgehead atoms. The first-order valence-electron chi connectivity index (χ1n) is 12.5. The molecule has 0 aliphatic carbocycles. The monoisotopic (exact) mass is 487 g/mol. The first kappa shape index (κ1) is 25.2. The number of hydrogen-bond donors (Lipinski definition) is 1. The summed E-state index contributed by atoms with van der Waals surface area (Å²) in [7, 11) is 1.60. The molecule has 7 nitrogen and oxygen atoms in total. The summed E-state index contributed by atoms with van der Waals surface area (Å²) < 4.78 is 5.25. The van der Waals surface area contributed by atoms with E-state index in [2.05, 4.69) is 12.2 Å². The molecule has 0 aromatic heterocycles. The molecule has 0 radical (unpaired) electrons. The van der Waals surface area contributed by atoms with Crippen LogP contribution in [0.25, 0.3) is 10.8 Å². The van der Waals surface area contributed by atoms with Gasteiger partial charge < -0.3 is 15.0 Å². The number of benzene rings is 3. The number of carbonyl (C=O) groups excluding carboxylic acids is 3. The standard InChI is InChI=1S/C29H33N3O4/c1-4-6-17-30-28(34)24(5-2)31(18-20-13-15-22(36-3)16-14-20)26(33)19-32-25-12-8-10-21-9-7-11-23(27(21)25)29(32)35/h7-16,24H,4-6,17-19H2,1-3H3,(H,30,34). The number of rotatable bonds is 11. The van der Waals surface area contributed by atoms with Crippen molar-refractivity contribution in [3.63, 3.8) is 0 Å². The zero-order valence-corrected chi connectivity index (χ0v) is 21.1. The highest BCUT2D eigenvalue weighted by molar-refractivity contribution is 6.26. The van der Waals surface area contributed by atoms with Crippen molar-refractivity contribution < 1.29 is 19.1 Å². The lowest BCUT2D eigenvalue weighted by molar-refractivity contribution is -0.140. The topological polar surface area (TPSA) is 79.0 Å². The van der Waals surface area contributed by atoms with Gasteiger partial charge in [-0.3, -0.25) is 19.3 Å². The minimum absolute atomic E-state index is 0.137. The van der Waals surface area contributed by atoms with Crippen LogP contribution in [0.4, 0.5) is 5.69 Å². The van der Waals surface area contributed by atoms with E-state index in [0.29, 0.717) is 18.5 Å². The van der Waals surface area contributed by atoms with Crippen molar-refractivity contribution in [1.29, 1.82) is 0 Å². The molecule has 3 amide bonds. The van der Waals surface area contributed by atoms with Crippen LogP contribution < -0.4 is 15.0 Å². The normalized spacial score (nSPS) is 13.1.